The number of Topliss-reactive ketones (excluding diaryl/α,β-unsaturated/α-hetero) is 1. The van der Waals surface area contributed by atoms with Gasteiger partial charge in [-0.25, -0.2) is 0 Å². The van der Waals surface area contributed by atoms with Gasteiger partial charge in [-0.3, -0.25) is 4.79 Å². The van der Waals surface area contributed by atoms with Crippen molar-refractivity contribution in [1.29, 1.82) is 0 Å². The first-order valence-electron chi connectivity index (χ1n) is 9.66. The Labute approximate surface area is 154 Å². The Morgan fingerprint density at radius 1 is 1.00 bits per heavy atom. The molecule has 3 atom stereocenters. The van der Waals surface area contributed by atoms with Crippen LogP contribution in [0, 0.1) is 23.2 Å². The van der Waals surface area contributed by atoms with Gasteiger partial charge >= 0.3 is 0 Å². The van der Waals surface area contributed by atoms with Crippen molar-refractivity contribution in [2.45, 2.75) is 78.6 Å². The maximum absolute atomic E-state index is 12.8. The van der Waals surface area contributed by atoms with Crippen LogP contribution >= 0.6 is 12.2 Å². The van der Waals surface area contributed by atoms with Crippen LogP contribution in [0.4, 0.5) is 0 Å². The van der Waals surface area contributed by atoms with E-state index in [1.165, 1.54) is 38.5 Å². The van der Waals surface area contributed by atoms with Gasteiger partial charge in [0.25, 0.3) is 0 Å². The van der Waals surface area contributed by atoms with E-state index in [2.05, 4.69) is 33.9 Å². The third-order valence-corrected chi connectivity index (χ3v) is 6.70. The van der Waals surface area contributed by atoms with Crippen LogP contribution in [-0.2, 0) is 4.79 Å². The van der Waals surface area contributed by atoms with Crippen molar-refractivity contribution in [3.8, 4) is 0 Å². The first kappa shape index (κ1) is 19.6. The van der Waals surface area contributed by atoms with Crippen LogP contribution in [0.5, 0.6) is 0 Å². The van der Waals surface area contributed by atoms with Crippen LogP contribution in [0.15, 0.2) is 24.3 Å². The molecule has 0 radical (unpaired) electrons. The highest BCUT2D eigenvalue weighted by Gasteiger charge is 2.38. The highest BCUT2D eigenvalue weighted by atomic mass is 32.1. The van der Waals surface area contributed by atoms with Crippen LogP contribution in [0.2, 0.25) is 0 Å². The molecule has 2 saturated carbocycles. The van der Waals surface area contributed by atoms with Gasteiger partial charge in [0.1, 0.15) is 5.78 Å². The van der Waals surface area contributed by atoms with Gasteiger partial charge in [-0.05, 0) is 47.7 Å². The van der Waals surface area contributed by atoms with Crippen molar-refractivity contribution in [1.82, 2.24) is 0 Å². The molecule has 2 heteroatoms. The highest BCUT2D eigenvalue weighted by molar-refractivity contribution is 7.81. The Morgan fingerprint density at radius 2 is 1.62 bits per heavy atom. The first-order valence-corrected chi connectivity index (χ1v) is 10.1. The molecule has 2 rings (SSSR count). The largest absolute Gasteiger partial charge is 0.299 e. The Kier molecular flexibility index (Phi) is 6.59. The second-order valence-corrected chi connectivity index (χ2v) is 9.28. The zero-order valence-electron chi connectivity index (χ0n) is 15.8. The molecule has 2 aliphatic rings. The molecule has 0 aromatic carbocycles. The lowest BCUT2D eigenvalue weighted by Crippen LogP contribution is -2.35. The van der Waals surface area contributed by atoms with E-state index < -0.39 is 0 Å². The number of hydrogen-bond acceptors (Lipinski definition) is 2. The summed E-state index contributed by atoms with van der Waals surface area (Å²) in [6.45, 7) is 14.6. The second kappa shape index (κ2) is 8.08. The molecule has 3 unspecified atom stereocenters. The van der Waals surface area contributed by atoms with Crippen molar-refractivity contribution >= 4 is 22.9 Å². The fourth-order valence-electron chi connectivity index (χ4n) is 4.47. The molecule has 0 aromatic rings. The van der Waals surface area contributed by atoms with E-state index in [1.54, 1.807) is 0 Å². The van der Waals surface area contributed by atoms with Gasteiger partial charge < -0.3 is 0 Å². The number of carbonyl (C=O) groups is 1. The molecule has 0 bridgehead atoms. The summed E-state index contributed by atoms with van der Waals surface area (Å²) in [5.74, 6) is 2.23. The van der Waals surface area contributed by atoms with E-state index in [0.717, 1.165) is 28.3 Å². The van der Waals surface area contributed by atoms with Crippen LogP contribution in [0.1, 0.15) is 78.6 Å². The zero-order valence-corrected chi connectivity index (χ0v) is 16.6. The lowest BCUT2D eigenvalue weighted by molar-refractivity contribution is -0.127. The first-order chi connectivity index (χ1) is 11.2. The number of hydrogen-bond donors (Lipinski definition) is 0. The maximum atomic E-state index is 12.8. The Hall–Kier alpha value is -0.760. The fourth-order valence-corrected chi connectivity index (χ4v) is 4.87. The van der Waals surface area contributed by atoms with E-state index in [0.29, 0.717) is 30.5 Å². The van der Waals surface area contributed by atoms with Crippen LogP contribution in [0.25, 0.3) is 0 Å². The topological polar surface area (TPSA) is 17.1 Å². The average Bonchev–Trinajstić information content (AvgIpc) is 2.56. The summed E-state index contributed by atoms with van der Waals surface area (Å²) in [5, 5.41) is 0. The summed E-state index contributed by atoms with van der Waals surface area (Å²) in [6, 6.07) is 0. The molecule has 0 N–H and O–H groups in total. The summed E-state index contributed by atoms with van der Waals surface area (Å²) in [6.07, 6.45) is 10.3. The predicted octanol–water partition coefficient (Wildman–Crippen LogP) is 6.47. The van der Waals surface area contributed by atoms with Gasteiger partial charge in [0, 0.05) is 17.2 Å². The van der Waals surface area contributed by atoms with Crippen molar-refractivity contribution in [2.75, 3.05) is 0 Å². The number of rotatable bonds is 6. The number of ketones is 1. The molecular formula is C22H34OS. The van der Waals surface area contributed by atoms with Gasteiger partial charge in [0.15, 0.2) is 0 Å². The van der Waals surface area contributed by atoms with E-state index in [9.17, 15) is 4.79 Å². The molecular weight excluding hydrogens is 312 g/mol. The average molecular weight is 347 g/mol. The Morgan fingerprint density at radius 3 is 2.29 bits per heavy atom. The lowest BCUT2D eigenvalue weighted by Gasteiger charge is -2.40. The summed E-state index contributed by atoms with van der Waals surface area (Å²) in [4.78, 5) is 13.6. The molecule has 0 amide bonds. The standard InChI is InChI=1S/C22H34OS/c1-15(21(24)16(2)22(3,4)5)13-14-20(23)19-12-8-10-17-9-6-7-11-18(17)19/h17-19H,1-2,6-14H2,3-5H3. The quantitative estimate of drug-likeness (QED) is 0.405. The molecule has 1 nitrogen and oxygen atoms in total. The second-order valence-electron chi connectivity index (χ2n) is 8.87. The molecule has 134 valence electrons. The Bertz CT molecular complexity index is 521. The zero-order chi connectivity index (χ0) is 17.9. The van der Waals surface area contributed by atoms with Crippen molar-refractivity contribution in [3.63, 3.8) is 0 Å². The van der Waals surface area contributed by atoms with Gasteiger partial charge in [-0.1, -0.05) is 78.3 Å². The molecule has 0 spiro atoms. The smallest absolute Gasteiger partial charge is 0.136 e. The number of fused-ring (bicyclic) bond motifs is 1. The number of thiocarbonyl (C=S) groups is 1. The minimum Gasteiger partial charge on any atom is -0.299 e. The van der Waals surface area contributed by atoms with Crippen molar-refractivity contribution < 1.29 is 4.79 Å². The van der Waals surface area contributed by atoms with E-state index in [-0.39, 0.29) is 5.41 Å². The molecule has 2 aliphatic carbocycles. The van der Waals surface area contributed by atoms with Crippen molar-refractivity contribution in [2.24, 2.45) is 23.2 Å². The summed E-state index contributed by atoms with van der Waals surface area (Å²) in [5.41, 5.74) is 1.83. The highest BCUT2D eigenvalue weighted by Crippen LogP contribution is 2.44. The number of allylic oxidation sites excluding steroid dienone is 2. The minimum absolute atomic E-state index is 0.0390. The Balaban J connectivity index is 1.89. The van der Waals surface area contributed by atoms with Crippen LogP contribution < -0.4 is 0 Å². The third-order valence-electron chi connectivity index (χ3n) is 6.16. The molecule has 0 saturated heterocycles. The van der Waals surface area contributed by atoms with E-state index in [4.69, 9.17) is 12.2 Å². The molecule has 24 heavy (non-hydrogen) atoms. The third kappa shape index (κ3) is 4.65. The van der Waals surface area contributed by atoms with Crippen molar-refractivity contribution in [3.05, 3.63) is 24.3 Å². The summed E-state index contributed by atoms with van der Waals surface area (Å²) in [7, 11) is 0. The normalized spacial score (nSPS) is 27.2. The monoisotopic (exact) mass is 346 g/mol. The van der Waals surface area contributed by atoms with Gasteiger partial charge in [-0.2, -0.15) is 0 Å². The van der Waals surface area contributed by atoms with Gasteiger partial charge in [0.2, 0.25) is 0 Å². The molecule has 0 heterocycles. The maximum Gasteiger partial charge on any atom is 0.136 e. The summed E-state index contributed by atoms with van der Waals surface area (Å²) < 4.78 is 0. The lowest BCUT2D eigenvalue weighted by atomic mass is 9.64. The fraction of sp³-hybridized carbons (Fsp3) is 0.727. The van der Waals surface area contributed by atoms with E-state index in [1.807, 2.05) is 0 Å². The van der Waals surface area contributed by atoms with E-state index >= 15 is 0 Å². The van der Waals surface area contributed by atoms with Crippen LogP contribution in [0.3, 0.4) is 0 Å². The van der Waals surface area contributed by atoms with Gasteiger partial charge in [0.05, 0.1) is 0 Å². The molecule has 0 aromatic heterocycles. The van der Waals surface area contributed by atoms with Gasteiger partial charge in [-0.15, -0.1) is 0 Å². The molecule has 0 aliphatic heterocycles. The number of carbonyl (C=O) groups excluding carboxylic acids is 1. The van der Waals surface area contributed by atoms with Crippen LogP contribution in [-0.4, -0.2) is 10.6 Å². The minimum atomic E-state index is -0.0390. The SMILES string of the molecule is C=C(CCC(=O)C1CCCC2CCCCC21)C(=S)C(=C)C(C)(C)C. The summed E-state index contributed by atoms with van der Waals surface area (Å²) >= 11 is 5.54. The molecule has 2 fully saturated rings. The predicted molar refractivity (Wildman–Crippen MR) is 107 cm³/mol.